The molecule has 3 aromatic carbocycles. The Labute approximate surface area is 348 Å². The van der Waals surface area contributed by atoms with Crippen molar-refractivity contribution < 1.29 is 46.6 Å². The molecule has 4 aromatic rings. The van der Waals surface area contributed by atoms with Gasteiger partial charge in [-0.25, -0.2) is 4.79 Å². The van der Waals surface area contributed by atoms with Crippen LogP contribution in [0.2, 0.25) is 0 Å². The number of amides is 4. The van der Waals surface area contributed by atoms with E-state index >= 15 is 0 Å². The number of anilines is 1. The number of rotatable bonds is 14. The number of nitrogens with zero attached hydrogens (tertiary/aromatic N) is 2. The van der Waals surface area contributed by atoms with Crippen molar-refractivity contribution in [1.82, 2.24) is 31.1 Å². The molecule has 60 heavy (non-hydrogen) atoms. The molecule has 4 amide bonds. The first-order valence-electron chi connectivity index (χ1n) is 19.2. The number of carbonyl (C=O) groups is 5. The maximum absolute atomic E-state index is 14.2. The number of nitrogens with two attached hydrogens (primary N) is 1. The molecular weight excluding hydrogens is 812 g/mol. The minimum absolute atomic E-state index is 0. The van der Waals surface area contributed by atoms with Crippen LogP contribution in [-0.2, 0) is 31.5 Å². The van der Waals surface area contributed by atoms with Gasteiger partial charge in [-0.05, 0) is 117 Å². The summed E-state index contributed by atoms with van der Waals surface area (Å²) in [6, 6.07) is 16.6. The van der Waals surface area contributed by atoms with Gasteiger partial charge in [0.25, 0.3) is 5.91 Å². The highest BCUT2D eigenvalue weighted by Crippen LogP contribution is 2.42. The zero-order valence-electron chi connectivity index (χ0n) is 32.4. The standard InChI is InChI=1S/C41H44F4N8O6.ClH/c1-22-19-28(35(55)49-31-3-2-18-47-36(31)56)14-17-30(22)25-8-4-23(5-9-25)20-32(50-34(54)27-10-6-24(21-46)7-11-27)37(57)48-29-15-12-26(13-16-29)33-51-38(53-52-33)40(42,43)41(44,45)39(58)59;/h4-5,8-9,12-17,19,24,27,31-32H,2-3,6-7,10-11,18,20-21,46H2,1H3,(H,47,56)(H,48,57)(H,49,55)(H,50,54)(H,58,59)(H,51,52,53);1H/t24-,27-,31?,32-;/m0./s1. The van der Waals surface area contributed by atoms with E-state index in [1.165, 1.54) is 24.3 Å². The third-order valence-electron chi connectivity index (χ3n) is 10.8. The van der Waals surface area contributed by atoms with Crippen LogP contribution in [-0.4, -0.2) is 81.0 Å². The Morgan fingerprint density at radius 2 is 1.58 bits per heavy atom. The van der Waals surface area contributed by atoms with Crippen LogP contribution in [0.25, 0.3) is 22.5 Å². The van der Waals surface area contributed by atoms with Gasteiger partial charge >= 0.3 is 17.8 Å². The normalized spacial score (nSPS) is 18.6. The van der Waals surface area contributed by atoms with Gasteiger partial charge in [0.2, 0.25) is 23.5 Å². The maximum atomic E-state index is 14.2. The number of hydrogen-bond acceptors (Lipinski definition) is 8. The van der Waals surface area contributed by atoms with Crippen molar-refractivity contribution in [1.29, 1.82) is 0 Å². The molecule has 0 bridgehead atoms. The van der Waals surface area contributed by atoms with Gasteiger partial charge in [0.05, 0.1) is 0 Å². The first kappa shape index (κ1) is 45.2. The molecule has 19 heteroatoms. The molecule has 0 spiro atoms. The van der Waals surface area contributed by atoms with Gasteiger partial charge < -0.3 is 37.1 Å². The van der Waals surface area contributed by atoms with Gasteiger partial charge in [-0.3, -0.25) is 19.2 Å². The minimum Gasteiger partial charge on any atom is -0.477 e. The lowest BCUT2D eigenvalue weighted by Gasteiger charge is -2.28. The van der Waals surface area contributed by atoms with Gasteiger partial charge in [0.15, 0.2) is 5.82 Å². The number of aromatic nitrogens is 3. The Balaban J connectivity index is 0.00000683. The van der Waals surface area contributed by atoms with E-state index in [-0.39, 0.29) is 59.5 Å². The van der Waals surface area contributed by atoms with Gasteiger partial charge in [-0.1, -0.05) is 30.3 Å². The molecule has 8 N–H and O–H groups in total. The Bertz CT molecular complexity index is 2200. The number of aryl methyl sites for hydroxylation is 1. The van der Waals surface area contributed by atoms with Crippen LogP contribution in [0.15, 0.2) is 66.7 Å². The van der Waals surface area contributed by atoms with Gasteiger partial charge in [0, 0.05) is 35.7 Å². The number of nitrogens with one attached hydrogen (secondary N) is 5. The largest absolute Gasteiger partial charge is 0.477 e. The van der Waals surface area contributed by atoms with E-state index < -0.39 is 41.6 Å². The molecule has 320 valence electrons. The molecular formula is C41H45ClF4N8O6. The lowest BCUT2D eigenvalue weighted by Crippen LogP contribution is -2.50. The zero-order chi connectivity index (χ0) is 42.5. The zero-order valence-corrected chi connectivity index (χ0v) is 33.2. The molecule has 0 radical (unpaired) electrons. The molecule has 1 aliphatic carbocycles. The number of aromatic amines is 1. The predicted molar refractivity (Wildman–Crippen MR) is 214 cm³/mol. The van der Waals surface area contributed by atoms with Gasteiger partial charge in [-0.2, -0.15) is 17.6 Å². The topological polar surface area (TPSA) is 221 Å². The van der Waals surface area contributed by atoms with Crippen molar-refractivity contribution in [2.75, 3.05) is 18.4 Å². The molecule has 14 nitrogen and oxygen atoms in total. The van der Waals surface area contributed by atoms with Gasteiger partial charge in [-0.15, -0.1) is 22.6 Å². The Kier molecular flexibility index (Phi) is 14.3. The molecule has 2 atom stereocenters. The maximum Gasteiger partial charge on any atom is 0.411 e. The van der Waals surface area contributed by atoms with Crippen molar-refractivity contribution in [2.45, 2.75) is 75.8 Å². The predicted octanol–water partition coefficient (Wildman–Crippen LogP) is 5.12. The fraction of sp³-hybridized carbons (Fsp3) is 0.390. The van der Waals surface area contributed by atoms with E-state index in [0.717, 1.165) is 41.5 Å². The van der Waals surface area contributed by atoms with Crippen LogP contribution in [0.4, 0.5) is 23.2 Å². The second kappa shape index (κ2) is 19.0. The third kappa shape index (κ3) is 10.1. The number of alkyl halides is 4. The Morgan fingerprint density at radius 3 is 2.20 bits per heavy atom. The van der Waals surface area contributed by atoms with E-state index in [0.29, 0.717) is 43.8 Å². The van der Waals surface area contributed by atoms with Crippen molar-refractivity contribution in [3.8, 4) is 22.5 Å². The number of H-pyrrole nitrogens is 1. The highest BCUT2D eigenvalue weighted by Gasteiger charge is 2.65. The summed E-state index contributed by atoms with van der Waals surface area (Å²) in [7, 11) is 0. The summed E-state index contributed by atoms with van der Waals surface area (Å²) in [5, 5.41) is 26.3. The lowest BCUT2D eigenvalue weighted by molar-refractivity contribution is -0.231. The quantitative estimate of drug-likeness (QED) is 0.0836. The smallest absolute Gasteiger partial charge is 0.411 e. The summed E-state index contributed by atoms with van der Waals surface area (Å²) < 4.78 is 55.9. The summed E-state index contributed by atoms with van der Waals surface area (Å²) in [5.41, 5.74) is 9.93. The summed E-state index contributed by atoms with van der Waals surface area (Å²) in [5.74, 6) is -16.9. The van der Waals surface area contributed by atoms with Crippen LogP contribution in [0, 0.1) is 18.8 Å². The average molecular weight is 857 g/mol. The molecule has 6 rings (SSSR count). The Hall–Kier alpha value is -5.88. The fourth-order valence-electron chi connectivity index (χ4n) is 7.25. The highest BCUT2D eigenvalue weighted by atomic mass is 35.5. The van der Waals surface area contributed by atoms with Crippen molar-refractivity contribution in [3.63, 3.8) is 0 Å². The number of carbonyl (C=O) groups excluding carboxylic acids is 4. The molecule has 1 aromatic heterocycles. The molecule has 1 aliphatic heterocycles. The monoisotopic (exact) mass is 856 g/mol. The average Bonchev–Trinajstić information content (AvgIpc) is 3.73. The van der Waals surface area contributed by atoms with Crippen LogP contribution in [0.5, 0.6) is 0 Å². The van der Waals surface area contributed by atoms with E-state index in [9.17, 15) is 41.5 Å². The van der Waals surface area contributed by atoms with Crippen LogP contribution in [0.3, 0.4) is 0 Å². The minimum atomic E-state index is -5.45. The SMILES string of the molecule is Cc1cc(C(=O)NC2CCCNC2=O)ccc1-c1ccc(C[C@H](NC(=O)[C@H]2CC[C@H](CN)CC2)C(=O)Nc2ccc(-c3nnc(C(F)(F)C(F)(F)C(=O)O)[nH]3)cc2)cc1.Cl. The number of aliphatic carboxylic acids is 1. The van der Waals surface area contributed by atoms with Crippen molar-refractivity contribution >= 4 is 47.7 Å². The summed E-state index contributed by atoms with van der Waals surface area (Å²) >= 11 is 0. The van der Waals surface area contributed by atoms with Crippen molar-refractivity contribution in [2.24, 2.45) is 17.6 Å². The summed E-state index contributed by atoms with van der Waals surface area (Å²) in [6.45, 7) is 3.01. The number of benzene rings is 3. The van der Waals surface area contributed by atoms with E-state index in [4.69, 9.17) is 10.8 Å². The number of hydrogen-bond donors (Lipinski definition) is 7. The van der Waals surface area contributed by atoms with Crippen LogP contribution >= 0.6 is 12.4 Å². The Morgan fingerprint density at radius 1 is 0.917 bits per heavy atom. The first-order chi connectivity index (χ1) is 28.1. The molecule has 2 aliphatic rings. The molecule has 2 heterocycles. The number of halogens is 5. The molecule has 1 unspecified atom stereocenters. The number of piperidine rings is 1. The fourth-order valence-corrected chi connectivity index (χ4v) is 7.25. The van der Waals surface area contributed by atoms with E-state index in [1.807, 2.05) is 42.2 Å². The number of carboxylic acid groups (broad SMARTS) is 1. The molecule has 1 saturated carbocycles. The second-order valence-corrected chi connectivity index (χ2v) is 14.9. The molecule has 1 saturated heterocycles. The number of carboxylic acids is 1. The third-order valence-corrected chi connectivity index (χ3v) is 10.8. The summed E-state index contributed by atoms with van der Waals surface area (Å²) in [6.07, 6.45) is 4.35. The van der Waals surface area contributed by atoms with E-state index in [2.05, 4.69) is 31.5 Å². The van der Waals surface area contributed by atoms with E-state index in [1.54, 1.807) is 12.1 Å². The molecule has 2 fully saturated rings. The summed E-state index contributed by atoms with van der Waals surface area (Å²) in [4.78, 5) is 65.0. The van der Waals surface area contributed by atoms with Crippen LogP contribution in [0.1, 0.15) is 65.8 Å². The van der Waals surface area contributed by atoms with Crippen LogP contribution < -0.4 is 27.0 Å². The van der Waals surface area contributed by atoms with Crippen molar-refractivity contribution in [3.05, 3.63) is 89.2 Å². The lowest BCUT2D eigenvalue weighted by atomic mass is 9.81. The van der Waals surface area contributed by atoms with Gasteiger partial charge in [0.1, 0.15) is 12.1 Å². The first-order valence-corrected chi connectivity index (χ1v) is 19.2. The second-order valence-electron chi connectivity index (χ2n) is 14.9. The highest BCUT2D eigenvalue weighted by molar-refractivity contribution is 5.99.